The second-order valence-corrected chi connectivity index (χ2v) is 6.65. The number of rotatable bonds is 3. The normalized spacial score (nSPS) is 21.8. The highest BCUT2D eigenvalue weighted by atomic mass is 16.2. The number of hydrogen-bond donors (Lipinski definition) is 1. The molecule has 124 valence electrons. The number of aromatic amines is 1. The van der Waals surface area contributed by atoms with Crippen molar-refractivity contribution < 1.29 is 0 Å². The third-order valence-electron chi connectivity index (χ3n) is 4.45. The van der Waals surface area contributed by atoms with Crippen molar-refractivity contribution in [2.24, 2.45) is 18.9 Å². The minimum Gasteiger partial charge on any atom is -0.342 e. The van der Waals surface area contributed by atoms with Crippen LogP contribution in [0.1, 0.15) is 20.3 Å². The Morgan fingerprint density at radius 2 is 1.96 bits per heavy atom. The molecule has 7 heteroatoms. The van der Waals surface area contributed by atoms with E-state index >= 15 is 0 Å². The second-order valence-electron chi connectivity index (χ2n) is 6.65. The summed E-state index contributed by atoms with van der Waals surface area (Å²) in [5, 5.41) is 0. The molecule has 1 aliphatic rings. The van der Waals surface area contributed by atoms with Crippen molar-refractivity contribution in [2.45, 2.75) is 26.8 Å². The molecule has 2 aromatic rings. The van der Waals surface area contributed by atoms with Crippen LogP contribution in [0.4, 0.5) is 5.95 Å². The van der Waals surface area contributed by atoms with E-state index in [1.54, 1.807) is 13.1 Å². The number of nitrogens with zero attached hydrogens (tertiary/aromatic N) is 4. The summed E-state index contributed by atoms with van der Waals surface area (Å²) in [4.78, 5) is 33.3. The lowest BCUT2D eigenvalue weighted by molar-refractivity contribution is 0.352. The van der Waals surface area contributed by atoms with Gasteiger partial charge in [-0.3, -0.25) is 14.3 Å². The Morgan fingerprint density at radius 3 is 2.57 bits per heavy atom. The first-order chi connectivity index (χ1) is 10.9. The van der Waals surface area contributed by atoms with Crippen LogP contribution in [0.15, 0.2) is 22.2 Å². The molecule has 0 radical (unpaired) electrons. The minimum absolute atomic E-state index is 0.401. The molecule has 23 heavy (non-hydrogen) atoms. The van der Waals surface area contributed by atoms with Crippen molar-refractivity contribution in [2.75, 3.05) is 18.0 Å². The summed E-state index contributed by atoms with van der Waals surface area (Å²) in [6.07, 6.45) is 2.93. The fourth-order valence-corrected chi connectivity index (χ4v) is 3.59. The molecular weight excluding hydrogens is 294 g/mol. The molecule has 0 aromatic carbocycles. The highest BCUT2D eigenvalue weighted by Crippen LogP contribution is 2.27. The van der Waals surface area contributed by atoms with Crippen LogP contribution >= 0.6 is 0 Å². The van der Waals surface area contributed by atoms with Crippen LogP contribution in [0.5, 0.6) is 0 Å². The molecule has 2 aromatic heterocycles. The first-order valence-corrected chi connectivity index (χ1v) is 7.97. The summed E-state index contributed by atoms with van der Waals surface area (Å²) >= 11 is 0. The molecule has 1 saturated heterocycles. The van der Waals surface area contributed by atoms with Crippen LogP contribution in [0.25, 0.3) is 11.2 Å². The zero-order valence-corrected chi connectivity index (χ0v) is 13.9. The van der Waals surface area contributed by atoms with Gasteiger partial charge in [0.1, 0.15) is 0 Å². The third kappa shape index (κ3) is 2.60. The fourth-order valence-electron chi connectivity index (χ4n) is 3.59. The summed E-state index contributed by atoms with van der Waals surface area (Å²) in [5.41, 5.74) is -0.00570. The predicted octanol–water partition coefficient (Wildman–Crippen LogP) is 1.09. The number of imidazole rings is 1. The topological polar surface area (TPSA) is 75.9 Å². The molecule has 3 heterocycles. The quantitative estimate of drug-likeness (QED) is 0.860. The minimum atomic E-state index is -0.447. The van der Waals surface area contributed by atoms with Crippen LogP contribution < -0.4 is 16.1 Å². The molecule has 0 aliphatic carbocycles. The maximum atomic E-state index is 12.3. The summed E-state index contributed by atoms with van der Waals surface area (Å²) in [7, 11) is 1.62. The number of nitrogens with one attached hydrogen (secondary N) is 1. The van der Waals surface area contributed by atoms with Crippen LogP contribution in [0, 0.1) is 11.8 Å². The Kier molecular flexibility index (Phi) is 3.87. The van der Waals surface area contributed by atoms with Gasteiger partial charge in [-0.05, 0) is 18.3 Å². The van der Waals surface area contributed by atoms with E-state index in [9.17, 15) is 9.59 Å². The lowest BCUT2D eigenvalue weighted by Gasteiger charge is -2.35. The molecule has 1 N–H and O–H groups in total. The van der Waals surface area contributed by atoms with E-state index < -0.39 is 11.2 Å². The highest BCUT2D eigenvalue weighted by Gasteiger charge is 2.27. The molecule has 2 atom stereocenters. The van der Waals surface area contributed by atoms with E-state index in [1.165, 1.54) is 11.0 Å². The van der Waals surface area contributed by atoms with Crippen LogP contribution in [-0.4, -0.2) is 32.2 Å². The Labute approximate surface area is 134 Å². The molecule has 3 rings (SSSR count). The maximum Gasteiger partial charge on any atom is 0.329 e. The van der Waals surface area contributed by atoms with E-state index in [0.717, 1.165) is 19.0 Å². The summed E-state index contributed by atoms with van der Waals surface area (Å²) in [5.74, 6) is 1.88. The summed E-state index contributed by atoms with van der Waals surface area (Å²) in [6.45, 7) is 10.5. The van der Waals surface area contributed by atoms with E-state index in [2.05, 4.69) is 35.3 Å². The highest BCUT2D eigenvalue weighted by molar-refractivity contribution is 5.74. The number of anilines is 1. The van der Waals surface area contributed by atoms with Gasteiger partial charge in [0.25, 0.3) is 5.56 Å². The van der Waals surface area contributed by atoms with Crippen molar-refractivity contribution in [1.82, 2.24) is 19.1 Å². The van der Waals surface area contributed by atoms with Gasteiger partial charge in [-0.2, -0.15) is 4.98 Å². The van der Waals surface area contributed by atoms with Gasteiger partial charge in [0.05, 0.1) is 0 Å². The molecule has 0 unspecified atom stereocenters. The van der Waals surface area contributed by atoms with E-state index in [0.29, 0.717) is 29.5 Å². The molecule has 0 amide bonds. The number of fused-ring (bicyclic) bond motifs is 1. The maximum absolute atomic E-state index is 12.3. The number of piperidine rings is 1. The van der Waals surface area contributed by atoms with Gasteiger partial charge in [0.2, 0.25) is 5.95 Å². The molecule has 7 nitrogen and oxygen atoms in total. The first-order valence-electron chi connectivity index (χ1n) is 7.97. The van der Waals surface area contributed by atoms with Gasteiger partial charge in [0, 0.05) is 26.7 Å². The number of hydrogen-bond acceptors (Lipinski definition) is 4. The number of aryl methyl sites for hydroxylation is 1. The largest absolute Gasteiger partial charge is 0.342 e. The monoisotopic (exact) mass is 317 g/mol. The van der Waals surface area contributed by atoms with Gasteiger partial charge in [-0.25, -0.2) is 4.79 Å². The van der Waals surface area contributed by atoms with Crippen molar-refractivity contribution in [3.63, 3.8) is 0 Å². The zero-order chi connectivity index (χ0) is 16.7. The van der Waals surface area contributed by atoms with Crippen LogP contribution in [0.2, 0.25) is 0 Å². The lowest BCUT2D eigenvalue weighted by atomic mass is 9.92. The zero-order valence-electron chi connectivity index (χ0n) is 13.9. The van der Waals surface area contributed by atoms with Gasteiger partial charge >= 0.3 is 5.69 Å². The Hall–Kier alpha value is -2.31. The average Bonchev–Trinajstić information content (AvgIpc) is 2.84. The van der Waals surface area contributed by atoms with Crippen molar-refractivity contribution >= 4 is 17.1 Å². The van der Waals surface area contributed by atoms with Gasteiger partial charge in [-0.1, -0.05) is 19.9 Å². The van der Waals surface area contributed by atoms with Crippen molar-refractivity contribution in [3.8, 4) is 0 Å². The van der Waals surface area contributed by atoms with Gasteiger partial charge in [0.15, 0.2) is 11.2 Å². The SMILES string of the molecule is C=CCn1c(N2C[C@@H](C)C[C@H](C)C2)nc2c1c(=O)[nH]c(=O)n2C. The predicted molar refractivity (Wildman–Crippen MR) is 90.9 cm³/mol. The number of aromatic nitrogens is 4. The Morgan fingerprint density at radius 1 is 1.30 bits per heavy atom. The van der Waals surface area contributed by atoms with Gasteiger partial charge < -0.3 is 9.47 Å². The van der Waals surface area contributed by atoms with E-state index in [4.69, 9.17) is 0 Å². The van der Waals surface area contributed by atoms with E-state index in [-0.39, 0.29) is 0 Å². The molecule has 0 spiro atoms. The van der Waals surface area contributed by atoms with Crippen LogP contribution in [-0.2, 0) is 13.6 Å². The second kappa shape index (κ2) is 5.72. The summed E-state index contributed by atoms with van der Waals surface area (Å²) < 4.78 is 3.24. The lowest BCUT2D eigenvalue weighted by Crippen LogP contribution is -2.40. The average molecular weight is 317 g/mol. The molecular formula is C16H23N5O2. The Bertz CT molecular complexity index is 850. The molecule has 0 bridgehead atoms. The Balaban J connectivity index is 2.24. The molecule has 1 fully saturated rings. The third-order valence-corrected chi connectivity index (χ3v) is 4.45. The van der Waals surface area contributed by atoms with Gasteiger partial charge in [-0.15, -0.1) is 6.58 Å². The van der Waals surface area contributed by atoms with Crippen molar-refractivity contribution in [1.29, 1.82) is 0 Å². The summed E-state index contributed by atoms with van der Waals surface area (Å²) in [6, 6.07) is 0. The van der Waals surface area contributed by atoms with E-state index in [1.807, 2.05) is 4.57 Å². The van der Waals surface area contributed by atoms with Crippen molar-refractivity contribution in [3.05, 3.63) is 33.5 Å². The molecule has 1 aliphatic heterocycles. The number of allylic oxidation sites excluding steroid dienone is 1. The first kappa shape index (κ1) is 15.6. The number of H-pyrrole nitrogens is 1. The standard InChI is InChI=1S/C16H23N5O2/c1-5-6-21-12-13(19(4)16(23)18-14(12)22)17-15(21)20-8-10(2)7-11(3)9-20/h5,10-11H,1,6-9H2,2-4H3,(H,18,22,23)/t10-,11-/m0/s1. The van der Waals surface area contributed by atoms with Crippen LogP contribution in [0.3, 0.4) is 0 Å². The molecule has 0 saturated carbocycles. The fraction of sp³-hybridized carbons (Fsp3) is 0.562. The smallest absolute Gasteiger partial charge is 0.329 e.